The maximum absolute atomic E-state index is 12.5. The van der Waals surface area contributed by atoms with Gasteiger partial charge in [0, 0.05) is 43.3 Å². The van der Waals surface area contributed by atoms with Crippen LogP contribution in [0.15, 0.2) is 36.4 Å². The number of carbonyl (C=O) groups excluding carboxylic acids is 1. The number of hydrogen-bond donors (Lipinski definition) is 2. The van der Waals surface area contributed by atoms with Crippen LogP contribution in [0.5, 0.6) is 5.75 Å². The number of hydrogen-bond acceptors (Lipinski definition) is 4. The van der Waals surface area contributed by atoms with Gasteiger partial charge in [-0.15, -0.1) is 0 Å². The van der Waals surface area contributed by atoms with E-state index in [4.69, 9.17) is 39.5 Å². The maximum atomic E-state index is 12.5. The molecular formula is C26H33Cl3N4O2. The van der Waals surface area contributed by atoms with Crippen LogP contribution < -0.4 is 20.3 Å². The van der Waals surface area contributed by atoms with Crippen LogP contribution in [-0.4, -0.2) is 55.3 Å². The van der Waals surface area contributed by atoms with Gasteiger partial charge in [-0.1, -0.05) is 46.9 Å². The van der Waals surface area contributed by atoms with Crippen LogP contribution in [0, 0.1) is 0 Å². The third-order valence-corrected chi connectivity index (χ3v) is 7.49. The van der Waals surface area contributed by atoms with Crippen molar-refractivity contribution in [1.29, 1.82) is 0 Å². The fourth-order valence-electron chi connectivity index (χ4n) is 4.98. The molecule has 0 unspecified atom stereocenters. The highest BCUT2D eigenvalue weighted by molar-refractivity contribution is 6.42. The highest BCUT2D eigenvalue weighted by Gasteiger charge is 2.29. The molecular weight excluding hydrogens is 507 g/mol. The number of nitrogens with one attached hydrogen (secondary N) is 2. The van der Waals surface area contributed by atoms with Crippen molar-refractivity contribution in [1.82, 2.24) is 10.2 Å². The van der Waals surface area contributed by atoms with E-state index < -0.39 is 0 Å². The van der Waals surface area contributed by atoms with Crippen molar-refractivity contribution in [3.63, 3.8) is 0 Å². The molecule has 1 aliphatic heterocycles. The second-order valence-electron chi connectivity index (χ2n) is 9.51. The molecule has 4 rings (SSSR count). The molecule has 2 aliphatic rings. The van der Waals surface area contributed by atoms with Crippen molar-refractivity contribution in [2.24, 2.45) is 0 Å². The van der Waals surface area contributed by atoms with Gasteiger partial charge in [0.15, 0.2) is 0 Å². The Hall–Kier alpha value is -1.86. The fraction of sp³-hybridized carbons (Fsp3) is 0.500. The standard InChI is InChI=1S/C26H33Cl3N4O2/c1-17(2)35-24-6-4-3-5-23(24)33-13-11-32(12-14-33)20-9-7-19(8-10-20)30-26(34)31-25-21(28)15-18(27)16-22(25)29/h3-6,15-17,19-20H,7-14H2,1-2H3,(H2,30,31,34)/t19-,20-. The van der Waals surface area contributed by atoms with E-state index in [1.54, 1.807) is 12.1 Å². The normalized spacial score (nSPS) is 21.1. The first-order valence-electron chi connectivity index (χ1n) is 12.3. The van der Waals surface area contributed by atoms with Crippen molar-refractivity contribution in [2.45, 2.75) is 57.7 Å². The Balaban J connectivity index is 1.23. The third kappa shape index (κ3) is 6.88. The van der Waals surface area contributed by atoms with Crippen LogP contribution >= 0.6 is 34.8 Å². The maximum Gasteiger partial charge on any atom is 0.319 e. The molecule has 0 atom stereocenters. The minimum Gasteiger partial charge on any atom is -0.489 e. The summed E-state index contributed by atoms with van der Waals surface area (Å²) in [5.74, 6) is 0.960. The number of anilines is 2. The van der Waals surface area contributed by atoms with Gasteiger partial charge in [-0.3, -0.25) is 4.90 Å². The van der Waals surface area contributed by atoms with Crippen molar-refractivity contribution in [2.75, 3.05) is 36.4 Å². The minimum atomic E-state index is -0.296. The van der Waals surface area contributed by atoms with E-state index in [1.165, 1.54) is 5.69 Å². The summed E-state index contributed by atoms with van der Waals surface area (Å²) in [6.07, 6.45) is 4.20. The lowest BCUT2D eigenvalue weighted by Gasteiger charge is -2.43. The van der Waals surface area contributed by atoms with Crippen LogP contribution in [0.1, 0.15) is 39.5 Å². The smallest absolute Gasteiger partial charge is 0.319 e. The minimum absolute atomic E-state index is 0.137. The molecule has 9 heteroatoms. The van der Waals surface area contributed by atoms with E-state index in [2.05, 4.69) is 52.5 Å². The van der Waals surface area contributed by atoms with Crippen molar-refractivity contribution >= 4 is 52.2 Å². The predicted octanol–water partition coefficient (Wildman–Crippen LogP) is 6.69. The molecule has 6 nitrogen and oxygen atoms in total. The van der Waals surface area contributed by atoms with E-state index in [1.807, 2.05) is 6.07 Å². The molecule has 0 radical (unpaired) electrons. The van der Waals surface area contributed by atoms with E-state index in [-0.39, 0.29) is 18.2 Å². The number of carbonyl (C=O) groups is 1. The number of ether oxygens (including phenoxy) is 1. The Kier molecular flexibility index (Phi) is 8.92. The molecule has 0 bridgehead atoms. The molecule has 0 aromatic heterocycles. The van der Waals surface area contributed by atoms with Crippen LogP contribution in [-0.2, 0) is 0 Å². The average molecular weight is 540 g/mol. The summed E-state index contributed by atoms with van der Waals surface area (Å²) < 4.78 is 6.03. The highest BCUT2D eigenvalue weighted by Crippen LogP contribution is 2.34. The molecule has 190 valence electrons. The second-order valence-corrected chi connectivity index (χ2v) is 10.8. The number of amides is 2. The van der Waals surface area contributed by atoms with Crippen molar-refractivity contribution in [3.8, 4) is 5.75 Å². The molecule has 1 saturated carbocycles. The van der Waals surface area contributed by atoms with Gasteiger partial charge in [0.25, 0.3) is 0 Å². The molecule has 1 aliphatic carbocycles. The number of rotatable bonds is 6. The van der Waals surface area contributed by atoms with Gasteiger partial charge in [-0.2, -0.15) is 0 Å². The number of piperazine rings is 1. The zero-order chi connectivity index (χ0) is 24.9. The number of halogens is 3. The lowest BCUT2D eigenvalue weighted by molar-refractivity contribution is 0.137. The van der Waals surface area contributed by atoms with E-state index in [9.17, 15) is 4.79 Å². The zero-order valence-corrected chi connectivity index (χ0v) is 22.5. The van der Waals surface area contributed by atoms with Gasteiger partial charge in [0.1, 0.15) is 5.75 Å². The van der Waals surface area contributed by atoms with Crippen LogP contribution in [0.25, 0.3) is 0 Å². The number of benzene rings is 2. The summed E-state index contributed by atoms with van der Waals surface area (Å²) in [6.45, 7) is 8.17. The van der Waals surface area contributed by atoms with Crippen molar-refractivity contribution < 1.29 is 9.53 Å². The Labute approximate surface area is 222 Å². The highest BCUT2D eigenvalue weighted by atomic mass is 35.5. The number of nitrogens with zero attached hydrogens (tertiary/aromatic N) is 2. The van der Waals surface area contributed by atoms with Gasteiger partial charge in [0.05, 0.1) is 27.5 Å². The van der Waals surface area contributed by atoms with Gasteiger partial charge in [-0.05, 0) is 63.8 Å². The quantitative estimate of drug-likeness (QED) is 0.429. The second kappa shape index (κ2) is 11.9. The Bertz CT molecular complexity index is 996. The Morgan fingerprint density at radius 1 is 0.971 bits per heavy atom. The molecule has 2 aromatic rings. The number of urea groups is 1. The molecule has 1 saturated heterocycles. The molecule has 0 spiro atoms. The summed E-state index contributed by atoms with van der Waals surface area (Å²) in [5, 5.41) is 6.90. The predicted molar refractivity (Wildman–Crippen MR) is 146 cm³/mol. The number of para-hydroxylation sites is 2. The van der Waals surface area contributed by atoms with Gasteiger partial charge in [0.2, 0.25) is 0 Å². The summed E-state index contributed by atoms with van der Waals surface area (Å²) in [7, 11) is 0. The van der Waals surface area contributed by atoms with Crippen LogP contribution in [0.2, 0.25) is 15.1 Å². The van der Waals surface area contributed by atoms with Gasteiger partial charge >= 0.3 is 6.03 Å². The van der Waals surface area contributed by atoms with Gasteiger partial charge in [-0.25, -0.2) is 4.79 Å². The SMILES string of the molecule is CC(C)Oc1ccccc1N1CCN([C@H]2CC[C@H](NC(=O)Nc3c(Cl)cc(Cl)cc3Cl)CC2)CC1. The lowest BCUT2D eigenvalue weighted by atomic mass is 9.90. The Morgan fingerprint density at radius 2 is 1.60 bits per heavy atom. The average Bonchev–Trinajstić information content (AvgIpc) is 2.82. The first-order chi connectivity index (χ1) is 16.8. The summed E-state index contributed by atoms with van der Waals surface area (Å²) in [5.41, 5.74) is 1.56. The van der Waals surface area contributed by atoms with Crippen LogP contribution in [0.3, 0.4) is 0 Å². The van der Waals surface area contributed by atoms with Gasteiger partial charge < -0.3 is 20.3 Å². The monoisotopic (exact) mass is 538 g/mol. The van der Waals surface area contributed by atoms with E-state index in [0.717, 1.165) is 57.6 Å². The summed E-state index contributed by atoms with van der Waals surface area (Å²) in [6, 6.07) is 11.8. The third-order valence-electron chi connectivity index (χ3n) is 6.68. The first kappa shape index (κ1) is 26.2. The zero-order valence-electron chi connectivity index (χ0n) is 20.2. The largest absolute Gasteiger partial charge is 0.489 e. The molecule has 1 heterocycles. The topological polar surface area (TPSA) is 56.8 Å². The summed E-state index contributed by atoms with van der Waals surface area (Å²) in [4.78, 5) is 17.6. The molecule has 2 amide bonds. The fourth-order valence-corrected chi connectivity index (χ4v) is 5.89. The van der Waals surface area contributed by atoms with Crippen LogP contribution in [0.4, 0.5) is 16.2 Å². The molecule has 35 heavy (non-hydrogen) atoms. The first-order valence-corrected chi connectivity index (χ1v) is 13.4. The molecule has 2 aromatic carbocycles. The molecule has 2 N–H and O–H groups in total. The van der Waals surface area contributed by atoms with Crippen molar-refractivity contribution in [3.05, 3.63) is 51.5 Å². The Morgan fingerprint density at radius 3 is 2.23 bits per heavy atom. The molecule has 2 fully saturated rings. The van der Waals surface area contributed by atoms with E-state index >= 15 is 0 Å². The summed E-state index contributed by atoms with van der Waals surface area (Å²) >= 11 is 18.3. The lowest BCUT2D eigenvalue weighted by Crippen LogP contribution is -2.52. The van der Waals surface area contributed by atoms with E-state index in [0.29, 0.717) is 26.8 Å².